The van der Waals surface area contributed by atoms with Crippen LogP contribution in [0.5, 0.6) is 0 Å². The topological polar surface area (TPSA) is 20.3 Å². The minimum absolute atomic E-state index is 0.796. The van der Waals surface area contributed by atoms with Crippen molar-refractivity contribution in [1.29, 1.82) is 0 Å². The summed E-state index contributed by atoms with van der Waals surface area (Å²) in [5.41, 5.74) is 0. The minimum atomic E-state index is 0.796. The first-order chi connectivity index (χ1) is 3.85. The zero-order chi connectivity index (χ0) is 6.41. The van der Waals surface area contributed by atoms with Crippen LogP contribution in [0.25, 0.3) is 0 Å². The molecular weight excluding hydrogens is 122 g/mol. The molecule has 47 valence electrons. The van der Waals surface area contributed by atoms with Crippen molar-refractivity contribution in [2.24, 2.45) is 0 Å². The summed E-state index contributed by atoms with van der Waals surface area (Å²) in [7, 11) is 0. The van der Waals surface area contributed by atoms with Crippen LogP contribution in [0.2, 0.25) is 0 Å². The third kappa shape index (κ3) is 2.91. The van der Waals surface area contributed by atoms with Gasteiger partial charge in [-0.1, -0.05) is 18.9 Å². The average molecular weight is 132 g/mol. The van der Waals surface area contributed by atoms with Crippen LogP contribution in [0.3, 0.4) is 0 Å². The first-order valence-electron chi connectivity index (χ1n) is 2.54. The molecule has 0 rings (SSSR count). The molecule has 0 fully saturated rings. The number of rotatable bonds is 4. The Hall–Kier alpha value is -0.180. The second-order valence-electron chi connectivity index (χ2n) is 1.38. The molecule has 0 aliphatic rings. The van der Waals surface area contributed by atoms with Crippen LogP contribution in [-0.4, -0.2) is 23.5 Å². The van der Waals surface area contributed by atoms with Crippen molar-refractivity contribution in [3.05, 3.63) is 0 Å². The van der Waals surface area contributed by atoms with Gasteiger partial charge in [0.2, 0.25) is 0 Å². The maximum absolute atomic E-state index is 9.91. The fraction of sp³-hybridized carbons (Fsp3) is 0.800. The van der Waals surface area contributed by atoms with Crippen molar-refractivity contribution in [1.82, 2.24) is 4.31 Å². The van der Waals surface area contributed by atoms with Crippen molar-refractivity contribution >= 4 is 18.4 Å². The fourth-order valence-corrected chi connectivity index (χ4v) is 0.817. The molecule has 0 bridgehead atoms. The first-order valence-corrected chi connectivity index (χ1v) is 3.72. The van der Waals surface area contributed by atoms with Crippen LogP contribution in [-0.2, 0) is 4.79 Å². The van der Waals surface area contributed by atoms with E-state index in [1.54, 1.807) is 10.7 Å². The molecule has 0 aliphatic heterocycles. The maximum Gasteiger partial charge on any atom is 0.322 e. The average Bonchev–Trinajstić information content (AvgIpc) is 1.83. The van der Waals surface area contributed by atoms with E-state index in [-0.39, 0.29) is 0 Å². The summed E-state index contributed by atoms with van der Waals surface area (Å²) in [6.07, 6.45) is 4.66. The summed E-state index contributed by atoms with van der Waals surface area (Å²) in [5.74, 6) is 0. The standard InChI is InChI=1S/C5H10NOS/c1-3-4-6(5-7)8-2/h3-4H2,1-2H3. The van der Waals surface area contributed by atoms with Crippen LogP contribution in [0, 0.1) is 0 Å². The highest BCUT2D eigenvalue weighted by Gasteiger charge is 1.94. The Balaban J connectivity index is 3.21. The lowest BCUT2D eigenvalue weighted by Crippen LogP contribution is -2.12. The van der Waals surface area contributed by atoms with Gasteiger partial charge < -0.3 is 0 Å². The van der Waals surface area contributed by atoms with E-state index in [0.29, 0.717) is 0 Å². The monoisotopic (exact) mass is 132 g/mol. The van der Waals surface area contributed by atoms with Gasteiger partial charge in [-0.15, -0.1) is 0 Å². The lowest BCUT2D eigenvalue weighted by molar-refractivity contribution is 0.502. The molecule has 0 N–H and O–H groups in total. The largest absolute Gasteiger partial charge is 0.322 e. The maximum atomic E-state index is 9.91. The molecular formula is C5H10NOS. The highest BCUT2D eigenvalue weighted by atomic mass is 32.2. The van der Waals surface area contributed by atoms with E-state index >= 15 is 0 Å². The van der Waals surface area contributed by atoms with Gasteiger partial charge in [-0.2, -0.15) is 0 Å². The third-order valence-corrected chi connectivity index (χ3v) is 1.45. The Morgan fingerprint density at radius 3 is 2.50 bits per heavy atom. The van der Waals surface area contributed by atoms with E-state index in [2.05, 4.69) is 0 Å². The van der Waals surface area contributed by atoms with E-state index < -0.39 is 0 Å². The number of hydrogen-bond donors (Lipinski definition) is 0. The summed E-state index contributed by atoms with van der Waals surface area (Å²) in [4.78, 5) is 9.91. The summed E-state index contributed by atoms with van der Waals surface area (Å²) in [6, 6.07) is 0. The van der Waals surface area contributed by atoms with Crippen LogP contribution >= 0.6 is 11.9 Å². The number of nitrogens with zero attached hydrogens (tertiary/aromatic N) is 1. The number of amides is 1. The van der Waals surface area contributed by atoms with Gasteiger partial charge in [-0.05, 0) is 6.42 Å². The number of hydrogen-bond acceptors (Lipinski definition) is 2. The third-order valence-electron chi connectivity index (χ3n) is 0.749. The van der Waals surface area contributed by atoms with E-state index in [0.717, 1.165) is 13.0 Å². The van der Waals surface area contributed by atoms with Crippen molar-refractivity contribution in [3.8, 4) is 0 Å². The fourth-order valence-electron chi connectivity index (χ4n) is 0.377. The van der Waals surface area contributed by atoms with Crippen molar-refractivity contribution in [2.75, 3.05) is 12.8 Å². The summed E-state index contributed by atoms with van der Waals surface area (Å²) < 4.78 is 1.54. The molecule has 1 radical (unpaired) electrons. The lowest BCUT2D eigenvalue weighted by atomic mass is 10.5. The van der Waals surface area contributed by atoms with E-state index in [1.807, 2.05) is 13.2 Å². The van der Waals surface area contributed by atoms with Crippen LogP contribution in [0.4, 0.5) is 0 Å². The molecule has 0 aliphatic carbocycles. The number of carbonyl (C=O) groups excluding carboxylic acids is 1. The Bertz CT molecular complexity index is 67.4. The van der Waals surface area contributed by atoms with Crippen molar-refractivity contribution in [2.45, 2.75) is 13.3 Å². The van der Waals surface area contributed by atoms with Crippen LogP contribution in [0.1, 0.15) is 13.3 Å². The molecule has 0 atom stereocenters. The van der Waals surface area contributed by atoms with Gasteiger partial charge in [-0.3, -0.25) is 9.10 Å². The van der Waals surface area contributed by atoms with E-state index in [9.17, 15) is 4.79 Å². The molecule has 1 amide bonds. The highest BCUT2D eigenvalue weighted by molar-refractivity contribution is 7.96. The van der Waals surface area contributed by atoms with Crippen LogP contribution in [0.15, 0.2) is 0 Å². The second-order valence-corrected chi connectivity index (χ2v) is 2.18. The highest BCUT2D eigenvalue weighted by Crippen LogP contribution is 2.00. The minimum Gasteiger partial charge on any atom is -0.278 e. The van der Waals surface area contributed by atoms with Gasteiger partial charge in [0.05, 0.1) is 0 Å². The Morgan fingerprint density at radius 2 is 2.38 bits per heavy atom. The molecule has 3 heteroatoms. The van der Waals surface area contributed by atoms with E-state index in [1.165, 1.54) is 11.9 Å². The van der Waals surface area contributed by atoms with Crippen molar-refractivity contribution in [3.63, 3.8) is 0 Å². The molecule has 0 heterocycles. The smallest absolute Gasteiger partial charge is 0.278 e. The zero-order valence-corrected chi connectivity index (χ0v) is 5.99. The molecule has 8 heavy (non-hydrogen) atoms. The summed E-state index contributed by atoms with van der Waals surface area (Å²) >= 11 is 1.40. The predicted molar refractivity (Wildman–Crippen MR) is 36.2 cm³/mol. The molecule has 0 saturated heterocycles. The molecule has 2 nitrogen and oxygen atoms in total. The lowest BCUT2D eigenvalue weighted by Gasteiger charge is -2.08. The Morgan fingerprint density at radius 1 is 1.75 bits per heavy atom. The molecule has 0 saturated carbocycles. The van der Waals surface area contributed by atoms with Gasteiger partial charge in [0.1, 0.15) is 0 Å². The normalized spacial score (nSPS) is 8.75. The van der Waals surface area contributed by atoms with Crippen LogP contribution < -0.4 is 0 Å². The van der Waals surface area contributed by atoms with Gasteiger partial charge in [0.15, 0.2) is 0 Å². The molecule has 0 aromatic rings. The molecule has 0 aromatic carbocycles. The Labute approximate surface area is 54.4 Å². The van der Waals surface area contributed by atoms with Gasteiger partial charge in [-0.25, -0.2) is 0 Å². The molecule has 0 aromatic heterocycles. The zero-order valence-electron chi connectivity index (χ0n) is 5.18. The molecule has 0 unspecified atom stereocenters. The molecule has 0 spiro atoms. The quantitative estimate of drug-likeness (QED) is 0.421. The van der Waals surface area contributed by atoms with Gasteiger partial charge in [0, 0.05) is 12.8 Å². The van der Waals surface area contributed by atoms with Gasteiger partial charge >= 0.3 is 6.41 Å². The van der Waals surface area contributed by atoms with Gasteiger partial charge in [0.25, 0.3) is 0 Å². The summed E-state index contributed by atoms with van der Waals surface area (Å²) in [5, 5.41) is 0. The summed E-state index contributed by atoms with van der Waals surface area (Å²) in [6.45, 7) is 2.82. The Kier molecular flexibility index (Phi) is 4.85. The van der Waals surface area contributed by atoms with E-state index in [4.69, 9.17) is 0 Å². The predicted octanol–water partition coefficient (Wildman–Crippen LogP) is 1.04. The SMILES string of the molecule is CCCN([C]=O)SC. The first kappa shape index (κ1) is 7.82. The second kappa shape index (κ2) is 4.97. The van der Waals surface area contributed by atoms with Crippen molar-refractivity contribution < 1.29 is 4.79 Å².